The Balaban J connectivity index is 4.39. The molecule has 0 saturated heterocycles. The van der Waals surface area contributed by atoms with Gasteiger partial charge in [0.2, 0.25) is 0 Å². The zero-order chi connectivity index (χ0) is 13.5. The van der Waals surface area contributed by atoms with E-state index in [-0.39, 0.29) is 6.61 Å². The Bertz CT molecular complexity index is 299. The van der Waals surface area contributed by atoms with Crippen LogP contribution in [0.4, 0.5) is 0 Å². The number of carboxylic acids is 2. The summed E-state index contributed by atoms with van der Waals surface area (Å²) in [5.74, 6) is -4.19. The Morgan fingerprint density at radius 1 is 1.18 bits per heavy atom. The van der Waals surface area contributed by atoms with E-state index >= 15 is 0 Å². The summed E-state index contributed by atoms with van der Waals surface area (Å²) in [4.78, 5) is 32.3. The highest BCUT2D eigenvalue weighted by Gasteiger charge is 2.41. The van der Waals surface area contributed by atoms with Crippen LogP contribution in [0, 0.1) is 0 Å². The van der Waals surface area contributed by atoms with Gasteiger partial charge in [0.05, 0.1) is 19.4 Å². The van der Waals surface area contributed by atoms with E-state index in [2.05, 4.69) is 4.74 Å². The van der Waals surface area contributed by atoms with Crippen LogP contribution in [0.2, 0.25) is 0 Å². The van der Waals surface area contributed by atoms with Crippen LogP contribution in [0.1, 0.15) is 32.6 Å². The second kappa shape index (κ2) is 6.85. The van der Waals surface area contributed by atoms with Crippen LogP contribution in [-0.2, 0) is 19.1 Å². The lowest BCUT2D eigenvalue weighted by atomic mass is 9.96. The zero-order valence-corrected chi connectivity index (χ0v) is 9.51. The summed E-state index contributed by atoms with van der Waals surface area (Å²) in [7, 11) is 0. The van der Waals surface area contributed by atoms with E-state index in [0.717, 1.165) is 6.42 Å². The Morgan fingerprint density at radius 2 is 1.76 bits per heavy atom. The predicted molar refractivity (Wildman–Crippen MR) is 55.3 cm³/mol. The number of carboxylic acid groups (broad SMARTS) is 2. The third-order valence-corrected chi connectivity index (χ3v) is 2.04. The smallest absolute Gasteiger partial charge is 0.336 e. The van der Waals surface area contributed by atoms with Crippen LogP contribution in [0.5, 0.6) is 0 Å². The fourth-order valence-corrected chi connectivity index (χ4v) is 1.08. The molecule has 1 atom stereocenters. The molecule has 98 valence electrons. The molecule has 0 aromatic heterocycles. The van der Waals surface area contributed by atoms with Crippen molar-refractivity contribution < 1.29 is 34.4 Å². The quantitative estimate of drug-likeness (QED) is 0.408. The van der Waals surface area contributed by atoms with Crippen LogP contribution >= 0.6 is 0 Å². The number of unbranched alkanes of at least 4 members (excludes halogenated alkanes) is 1. The highest BCUT2D eigenvalue weighted by Crippen LogP contribution is 2.17. The largest absolute Gasteiger partial charge is 0.481 e. The number of hydrogen-bond acceptors (Lipinski definition) is 5. The minimum atomic E-state index is -2.62. The maximum absolute atomic E-state index is 11.2. The van der Waals surface area contributed by atoms with Gasteiger partial charge in [-0.1, -0.05) is 13.3 Å². The molecule has 7 heteroatoms. The molecule has 0 unspecified atom stereocenters. The van der Waals surface area contributed by atoms with Crippen LogP contribution < -0.4 is 0 Å². The first-order chi connectivity index (χ1) is 7.81. The number of esters is 1. The molecule has 7 nitrogen and oxygen atoms in total. The lowest BCUT2D eigenvalue weighted by Crippen LogP contribution is -2.43. The summed E-state index contributed by atoms with van der Waals surface area (Å²) in [6.45, 7) is 2.00. The Labute approximate surface area is 98.0 Å². The van der Waals surface area contributed by atoms with Crippen molar-refractivity contribution in [1.82, 2.24) is 0 Å². The molecular formula is C10H16O7. The van der Waals surface area contributed by atoms with Crippen molar-refractivity contribution in [2.75, 3.05) is 6.61 Å². The van der Waals surface area contributed by atoms with Crippen molar-refractivity contribution in [3.63, 3.8) is 0 Å². The molecule has 0 radical (unpaired) electrons. The fraction of sp³-hybridized carbons (Fsp3) is 0.700. The molecule has 0 bridgehead atoms. The molecule has 0 aliphatic rings. The third kappa shape index (κ3) is 5.86. The first-order valence-corrected chi connectivity index (χ1v) is 5.15. The Morgan fingerprint density at radius 3 is 2.18 bits per heavy atom. The summed E-state index contributed by atoms with van der Waals surface area (Å²) in [5, 5.41) is 26.6. The van der Waals surface area contributed by atoms with E-state index in [1.54, 1.807) is 0 Å². The molecule has 17 heavy (non-hydrogen) atoms. The Hall–Kier alpha value is -1.63. The monoisotopic (exact) mass is 248 g/mol. The maximum atomic E-state index is 11.2. The zero-order valence-electron chi connectivity index (χ0n) is 9.51. The molecule has 0 heterocycles. The van der Waals surface area contributed by atoms with Crippen molar-refractivity contribution in [2.24, 2.45) is 0 Å². The minimum absolute atomic E-state index is 0.123. The van der Waals surface area contributed by atoms with E-state index in [1.165, 1.54) is 0 Å². The summed E-state index contributed by atoms with van der Waals surface area (Å²) in [6.07, 6.45) is -0.509. The normalized spacial score (nSPS) is 13.8. The van der Waals surface area contributed by atoms with Crippen molar-refractivity contribution >= 4 is 17.9 Å². The number of ether oxygens (including phenoxy) is 1. The first-order valence-electron chi connectivity index (χ1n) is 5.15. The minimum Gasteiger partial charge on any atom is -0.481 e. The number of aliphatic carboxylic acids is 2. The molecule has 0 rings (SSSR count). The van der Waals surface area contributed by atoms with E-state index in [4.69, 9.17) is 10.2 Å². The van der Waals surface area contributed by atoms with E-state index < -0.39 is 36.4 Å². The molecule has 0 aliphatic heterocycles. The second-order valence-corrected chi connectivity index (χ2v) is 3.66. The van der Waals surface area contributed by atoms with Gasteiger partial charge in [-0.3, -0.25) is 9.59 Å². The van der Waals surface area contributed by atoms with Crippen LogP contribution in [0.15, 0.2) is 0 Å². The lowest BCUT2D eigenvalue weighted by Gasteiger charge is -2.20. The molecule has 3 N–H and O–H groups in total. The van der Waals surface area contributed by atoms with Gasteiger partial charge in [0.1, 0.15) is 0 Å². The van der Waals surface area contributed by atoms with Gasteiger partial charge in [0, 0.05) is 0 Å². The van der Waals surface area contributed by atoms with E-state index in [0.29, 0.717) is 6.42 Å². The van der Waals surface area contributed by atoms with Crippen LogP contribution in [0.25, 0.3) is 0 Å². The average molecular weight is 248 g/mol. The molecule has 0 saturated carbocycles. The molecule has 0 aromatic carbocycles. The molecule has 0 fully saturated rings. The number of carbonyl (C=O) groups is 3. The van der Waals surface area contributed by atoms with Gasteiger partial charge in [-0.05, 0) is 6.42 Å². The summed E-state index contributed by atoms with van der Waals surface area (Å²) in [5.41, 5.74) is -2.62. The van der Waals surface area contributed by atoms with E-state index in [1.807, 2.05) is 6.92 Å². The van der Waals surface area contributed by atoms with Gasteiger partial charge in [0.25, 0.3) is 0 Å². The third-order valence-electron chi connectivity index (χ3n) is 2.04. The average Bonchev–Trinajstić information content (AvgIpc) is 2.16. The summed E-state index contributed by atoms with van der Waals surface area (Å²) < 4.78 is 4.65. The van der Waals surface area contributed by atoms with Crippen molar-refractivity contribution in [3.8, 4) is 0 Å². The molecule has 0 spiro atoms. The van der Waals surface area contributed by atoms with Crippen molar-refractivity contribution in [3.05, 3.63) is 0 Å². The number of rotatable bonds is 8. The fourth-order valence-electron chi connectivity index (χ4n) is 1.08. The second-order valence-electron chi connectivity index (χ2n) is 3.66. The Kier molecular flexibility index (Phi) is 6.19. The number of carbonyl (C=O) groups excluding carboxylic acids is 1. The molecule has 0 aromatic rings. The van der Waals surface area contributed by atoms with Crippen LogP contribution in [0.3, 0.4) is 0 Å². The van der Waals surface area contributed by atoms with Gasteiger partial charge in [0.15, 0.2) is 5.60 Å². The number of hydrogen-bond donors (Lipinski definition) is 3. The summed E-state index contributed by atoms with van der Waals surface area (Å²) >= 11 is 0. The first kappa shape index (κ1) is 15.4. The van der Waals surface area contributed by atoms with E-state index in [9.17, 15) is 19.5 Å². The highest BCUT2D eigenvalue weighted by atomic mass is 16.5. The van der Waals surface area contributed by atoms with Gasteiger partial charge in [-0.15, -0.1) is 0 Å². The predicted octanol–water partition coefficient (Wildman–Crippen LogP) is 0.0102. The highest BCUT2D eigenvalue weighted by molar-refractivity contribution is 5.88. The maximum Gasteiger partial charge on any atom is 0.336 e. The summed E-state index contributed by atoms with van der Waals surface area (Å²) in [6, 6.07) is 0. The standard InChI is InChI=1S/C10H16O7/c1-2-3-4-17-8(13)6-10(16,9(14)15)5-7(11)12/h16H,2-6H2,1H3,(H,11,12)(H,14,15)/t10-/m1/s1. The van der Waals surface area contributed by atoms with Gasteiger partial charge in [-0.2, -0.15) is 0 Å². The molecule has 0 amide bonds. The van der Waals surface area contributed by atoms with Gasteiger partial charge in [-0.25, -0.2) is 4.79 Å². The topological polar surface area (TPSA) is 121 Å². The number of aliphatic hydroxyl groups is 1. The van der Waals surface area contributed by atoms with Crippen molar-refractivity contribution in [2.45, 2.75) is 38.2 Å². The van der Waals surface area contributed by atoms with Crippen LogP contribution in [-0.4, -0.2) is 45.4 Å². The van der Waals surface area contributed by atoms with Gasteiger partial charge < -0.3 is 20.1 Å². The van der Waals surface area contributed by atoms with Crippen molar-refractivity contribution in [1.29, 1.82) is 0 Å². The molecular weight excluding hydrogens is 232 g/mol. The van der Waals surface area contributed by atoms with Gasteiger partial charge >= 0.3 is 17.9 Å². The molecule has 0 aliphatic carbocycles. The lowest BCUT2D eigenvalue weighted by molar-refractivity contribution is -0.172. The SMILES string of the molecule is CCCCOC(=O)C[C@](O)(CC(=O)O)C(=O)O.